The number of para-hydroxylation sites is 1. The lowest BCUT2D eigenvalue weighted by molar-refractivity contribution is 0.0908. The van der Waals surface area contributed by atoms with Gasteiger partial charge in [0, 0.05) is 10.9 Å². The molecule has 0 bridgehead atoms. The summed E-state index contributed by atoms with van der Waals surface area (Å²) in [6, 6.07) is 4.31. The molecule has 17 heavy (non-hydrogen) atoms. The molecular formula is C12H16BrNO3. The van der Waals surface area contributed by atoms with Crippen LogP contribution in [0.1, 0.15) is 30.6 Å². The molecule has 0 heterocycles. The Labute approximate surface area is 109 Å². The Hall–Kier alpha value is -1.23. The molecule has 1 aromatic rings. The molecule has 94 valence electrons. The van der Waals surface area contributed by atoms with Gasteiger partial charge in [0.1, 0.15) is 0 Å². The summed E-state index contributed by atoms with van der Waals surface area (Å²) in [6.07, 6.45) is 0.762. The molecule has 1 amide bonds. The Bertz CT molecular complexity index is 418. The predicted octanol–water partition coefficient (Wildman–Crippen LogP) is 2.39. The molecule has 0 aliphatic carbocycles. The van der Waals surface area contributed by atoms with Crippen molar-refractivity contribution in [2.24, 2.45) is 0 Å². The summed E-state index contributed by atoms with van der Waals surface area (Å²) < 4.78 is 0. The molecule has 0 aliphatic heterocycles. The van der Waals surface area contributed by atoms with Gasteiger partial charge in [-0.2, -0.15) is 0 Å². The van der Waals surface area contributed by atoms with Crippen molar-refractivity contribution >= 4 is 21.8 Å². The van der Waals surface area contributed by atoms with Crippen molar-refractivity contribution in [3.8, 4) is 11.5 Å². The summed E-state index contributed by atoms with van der Waals surface area (Å²) in [5.41, 5.74) is -0.300. The van der Waals surface area contributed by atoms with E-state index in [4.69, 9.17) is 0 Å². The van der Waals surface area contributed by atoms with Gasteiger partial charge in [0.05, 0.1) is 5.56 Å². The zero-order chi connectivity index (χ0) is 13.1. The molecule has 0 unspecified atom stereocenters. The van der Waals surface area contributed by atoms with Crippen LogP contribution in [0.4, 0.5) is 0 Å². The van der Waals surface area contributed by atoms with E-state index in [2.05, 4.69) is 21.2 Å². The fourth-order valence-corrected chi connectivity index (χ4v) is 2.38. The molecule has 0 fully saturated rings. The summed E-state index contributed by atoms with van der Waals surface area (Å²) in [6.45, 7) is 3.79. The van der Waals surface area contributed by atoms with Crippen molar-refractivity contribution in [2.75, 3.05) is 5.33 Å². The van der Waals surface area contributed by atoms with Crippen molar-refractivity contribution < 1.29 is 15.0 Å². The van der Waals surface area contributed by atoms with E-state index in [1.54, 1.807) is 0 Å². The third-order valence-electron chi connectivity index (χ3n) is 2.43. The summed E-state index contributed by atoms with van der Waals surface area (Å²) in [4.78, 5) is 11.9. The molecule has 4 nitrogen and oxygen atoms in total. The summed E-state index contributed by atoms with van der Waals surface area (Å²) in [7, 11) is 0. The van der Waals surface area contributed by atoms with E-state index in [1.807, 2.05) is 13.8 Å². The maximum Gasteiger partial charge on any atom is 0.255 e. The van der Waals surface area contributed by atoms with Gasteiger partial charge in [0.15, 0.2) is 11.5 Å². The molecule has 0 saturated heterocycles. The average molecular weight is 302 g/mol. The minimum Gasteiger partial charge on any atom is -0.504 e. The minimum atomic E-state index is -0.399. The largest absolute Gasteiger partial charge is 0.504 e. The van der Waals surface area contributed by atoms with Crippen LogP contribution in [0, 0.1) is 0 Å². The quantitative estimate of drug-likeness (QED) is 0.591. The Morgan fingerprint density at radius 3 is 2.65 bits per heavy atom. The lowest BCUT2D eigenvalue weighted by Crippen LogP contribution is -2.43. The summed E-state index contributed by atoms with van der Waals surface area (Å²) in [5.74, 6) is -1.08. The summed E-state index contributed by atoms with van der Waals surface area (Å²) >= 11 is 3.32. The van der Waals surface area contributed by atoms with E-state index in [0.717, 1.165) is 11.8 Å². The number of carbonyl (C=O) groups is 1. The Morgan fingerprint density at radius 1 is 1.41 bits per heavy atom. The van der Waals surface area contributed by atoms with Gasteiger partial charge in [-0.1, -0.05) is 22.0 Å². The van der Waals surface area contributed by atoms with Gasteiger partial charge in [-0.3, -0.25) is 4.79 Å². The van der Waals surface area contributed by atoms with Crippen LogP contribution in [-0.2, 0) is 0 Å². The third-order valence-corrected chi connectivity index (χ3v) is 2.83. The lowest BCUT2D eigenvalue weighted by atomic mass is 10.0. The van der Waals surface area contributed by atoms with Crippen molar-refractivity contribution in [2.45, 2.75) is 25.8 Å². The van der Waals surface area contributed by atoms with Crippen LogP contribution in [0.25, 0.3) is 0 Å². The van der Waals surface area contributed by atoms with Crippen LogP contribution in [0.2, 0.25) is 0 Å². The Morgan fingerprint density at radius 2 is 2.06 bits per heavy atom. The number of amides is 1. The van der Waals surface area contributed by atoms with Gasteiger partial charge < -0.3 is 15.5 Å². The molecular weight excluding hydrogens is 286 g/mol. The Kier molecular flexibility index (Phi) is 4.40. The smallest absolute Gasteiger partial charge is 0.255 e. The van der Waals surface area contributed by atoms with Crippen molar-refractivity contribution in [1.29, 1.82) is 0 Å². The highest BCUT2D eigenvalue weighted by Gasteiger charge is 2.22. The second-order valence-electron chi connectivity index (χ2n) is 4.45. The highest BCUT2D eigenvalue weighted by Crippen LogP contribution is 2.28. The molecule has 1 rings (SSSR count). The van der Waals surface area contributed by atoms with Crippen LogP contribution in [-0.4, -0.2) is 27.0 Å². The van der Waals surface area contributed by atoms with Gasteiger partial charge in [-0.15, -0.1) is 0 Å². The number of halogens is 1. The van der Waals surface area contributed by atoms with Gasteiger partial charge in [0.25, 0.3) is 5.91 Å². The van der Waals surface area contributed by atoms with E-state index in [-0.39, 0.29) is 22.6 Å². The van der Waals surface area contributed by atoms with E-state index in [0.29, 0.717) is 0 Å². The molecule has 0 aromatic heterocycles. The number of alkyl halides is 1. The van der Waals surface area contributed by atoms with E-state index >= 15 is 0 Å². The maximum absolute atomic E-state index is 11.9. The SMILES string of the molecule is CC(C)(CCBr)NC(=O)c1cccc(O)c1O. The predicted molar refractivity (Wildman–Crippen MR) is 69.7 cm³/mol. The normalized spacial score (nSPS) is 11.2. The molecule has 0 atom stereocenters. The van der Waals surface area contributed by atoms with Crippen LogP contribution >= 0.6 is 15.9 Å². The topological polar surface area (TPSA) is 69.6 Å². The third kappa shape index (κ3) is 3.63. The average Bonchev–Trinajstić information content (AvgIpc) is 2.21. The van der Waals surface area contributed by atoms with Gasteiger partial charge >= 0.3 is 0 Å². The standard InChI is InChI=1S/C12H16BrNO3/c1-12(2,6-7-13)14-11(17)8-4-3-5-9(15)10(8)16/h3-5,15-16H,6-7H2,1-2H3,(H,14,17). The first-order chi connectivity index (χ1) is 7.87. The fraction of sp³-hybridized carbons (Fsp3) is 0.417. The van der Waals surface area contributed by atoms with Crippen LogP contribution < -0.4 is 5.32 Å². The second kappa shape index (κ2) is 5.40. The molecule has 0 aliphatic rings. The van der Waals surface area contributed by atoms with Gasteiger partial charge in [0.2, 0.25) is 0 Å². The first-order valence-electron chi connectivity index (χ1n) is 5.27. The number of hydrogen-bond donors (Lipinski definition) is 3. The number of phenols is 2. The number of nitrogens with one attached hydrogen (secondary N) is 1. The maximum atomic E-state index is 11.9. The highest BCUT2D eigenvalue weighted by atomic mass is 79.9. The number of hydrogen-bond acceptors (Lipinski definition) is 3. The molecule has 1 aromatic carbocycles. The van der Waals surface area contributed by atoms with E-state index in [1.165, 1.54) is 18.2 Å². The highest BCUT2D eigenvalue weighted by molar-refractivity contribution is 9.09. The van der Waals surface area contributed by atoms with Crippen LogP contribution in [0.5, 0.6) is 11.5 Å². The number of aromatic hydroxyl groups is 2. The zero-order valence-corrected chi connectivity index (χ0v) is 11.4. The number of benzene rings is 1. The zero-order valence-electron chi connectivity index (χ0n) is 9.83. The number of phenolic OH excluding ortho intramolecular Hbond substituents is 2. The molecule has 0 spiro atoms. The second-order valence-corrected chi connectivity index (χ2v) is 5.24. The molecule has 0 radical (unpaired) electrons. The first-order valence-corrected chi connectivity index (χ1v) is 6.39. The van der Waals surface area contributed by atoms with Crippen molar-refractivity contribution in [1.82, 2.24) is 5.32 Å². The fourth-order valence-electron chi connectivity index (χ4n) is 1.39. The number of rotatable bonds is 4. The number of carbonyl (C=O) groups excluding carboxylic acids is 1. The van der Waals surface area contributed by atoms with E-state index in [9.17, 15) is 15.0 Å². The van der Waals surface area contributed by atoms with Gasteiger partial charge in [-0.05, 0) is 32.4 Å². The van der Waals surface area contributed by atoms with Crippen LogP contribution in [0.15, 0.2) is 18.2 Å². The first kappa shape index (κ1) is 13.8. The summed E-state index contributed by atoms with van der Waals surface area (Å²) in [5, 5.41) is 22.5. The Balaban J connectivity index is 2.87. The monoisotopic (exact) mass is 301 g/mol. The van der Waals surface area contributed by atoms with Crippen molar-refractivity contribution in [3.05, 3.63) is 23.8 Å². The lowest BCUT2D eigenvalue weighted by Gasteiger charge is -2.25. The van der Waals surface area contributed by atoms with Crippen LogP contribution in [0.3, 0.4) is 0 Å². The van der Waals surface area contributed by atoms with Crippen molar-refractivity contribution in [3.63, 3.8) is 0 Å². The molecule has 5 heteroatoms. The van der Waals surface area contributed by atoms with Gasteiger partial charge in [-0.25, -0.2) is 0 Å². The van der Waals surface area contributed by atoms with E-state index < -0.39 is 5.91 Å². The minimum absolute atomic E-state index is 0.0765. The molecule has 3 N–H and O–H groups in total. The molecule has 0 saturated carbocycles.